The molecule has 1 aliphatic heterocycles. The average Bonchev–Trinajstić information content (AvgIpc) is 2.98. The molecule has 0 bridgehead atoms. The number of halogens is 1. The quantitative estimate of drug-likeness (QED) is 0.786. The van der Waals surface area contributed by atoms with Crippen molar-refractivity contribution in [1.82, 2.24) is 10.3 Å². The van der Waals surface area contributed by atoms with E-state index in [0.717, 1.165) is 25.7 Å². The van der Waals surface area contributed by atoms with Gasteiger partial charge in [-0.05, 0) is 44.1 Å². The summed E-state index contributed by atoms with van der Waals surface area (Å²) in [4.78, 5) is 18.8. The number of pyridine rings is 1. The zero-order chi connectivity index (χ0) is 17.3. The smallest absolute Gasteiger partial charge is 0.255 e. The summed E-state index contributed by atoms with van der Waals surface area (Å²) < 4.78 is 13.6. The fourth-order valence-corrected chi connectivity index (χ4v) is 3.52. The third-order valence-electron chi connectivity index (χ3n) is 5.09. The number of anilines is 3. The van der Waals surface area contributed by atoms with Gasteiger partial charge < -0.3 is 21.7 Å². The maximum Gasteiger partial charge on any atom is 0.255 e. The Kier molecular flexibility index (Phi) is 4.78. The minimum Gasteiger partial charge on any atom is -0.396 e. The second-order valence-electron chi connectivity index (χ2n) is 7.10. The van der Waals surface area contributed by atoms with Gasteiger partial charge in [0.1, 0.15) is 17.8 Å². The molecule has 7 heteroatoms. The molecule has 1 saturated heterocycles. The Hall–Kier alpha value is -2.05. The first-order chi connectivity index (χ1) is 11.4. The summed E-state index contributed by atoms with van der Waals surface area (Å²) >= 11 is 0. The number of alkyl halides is 1. The molecule has 1 aromatic rings. The highest BCUT2D eigenvalue weighted by Gasteiger charge is 2.29. The van der Waals surface area contributed by atoms with Crippen LogP contribution in [0, 0.1) is 5.92 Å². The first kappa shape index (κ1) is 16.8. The molecular formula is C17H26FN5O. The summed E-state index contributed by atoms with van der Waals surface area (Å²) in [6.07, 6.45) is 3.74. The molecular weight excluding hydrogens is 309 g/mol. The van der Waals surface area contributed by atoms with Crippen molar-refractivity contribution in [2.24, 2.45) is 5.92 Å². The molecule has 6 nitrogen and oxygen atoms in total. The third kappa shape index (κ3) is 3.55. The number of hydrogen-bond acceptors (Lipinski definition) is 5. The standard InChI is InChI=1S/C17H26FN5O/c1-10-2-4-12(5-3-10)21-17(24)13-8-14(19)15(20)22-16(13)23-7-6-11(18)9-23/h8,10-12H,2-7,9,19H2,1H3,(H2,20,22)(H,21,24)/t10-,11-,12-/m1/s1. The molecule has 2 aliphatic rings. The monoisotopic (exact) mass is 335 g/mol. The molecule has 1 saturated carbocycles. The fourth-order valence-electron chi connectivity index (χ4n) is 3.52. The molecule has 24 heavy (non-hydrogen) atoms. The number of aromatic nitrogens is 1. The van der Waals surface area contributed by atoms with Crippen LogP contribution in [0.4, 0.5) is 21.7 Å². The molecule has 3 rings (SSSR count). The molecule has 132 valence electrons. The van der Waals surface area contributed by atoms with Crippen LogP contribution < -0.4 is 21.7 Å². The van der Waals surface area contributed by atoms with Crippen molar-refractivity contribution in [2.75, 3.05) is 29.5 Å². The molecule has 2 heterocycles. The maximum absolute atomic E-state index is 13.6. The molecule has 0 aromatic carbocycles. The zero-order valence-electron chi connectivity index (χ0n) is 14.1. The summed E-state index contributed by atoms with van der Waals surface area (Å²) in [6.45, 7) is 3.00. The van der Waals surface area contributed by atoms with Crippen LogP contribution in [0.3, 0.4) is 0 Å². The van der Waals surface area contributed by atoms with E-state index in [1.54, 1.807) is 11.0 Å². The van der Waals surface area contributed by atoms with Crippen LogP contribution in [0.1, 0.15) is 49.4 Å². The Balaban J connectivity index is 1.80. The molecule has 0 radical (unpaired) electrons. The van der Waals surface area contributed by atoms with Gasteiger partial charge in [0.25, 0.3) is 5.91 Å². The van der Waals surface area contributed by atoms with Crippen molar-refractivity contribution in [2.45, 2.75) is 51.2 Å². The number of hydrogen-bond donors (Lipinski definition) is 3. The average molecular weight is 335 g/mol. The Morgan fingerprint density at radius 3 is 2.62 bits per heavy atom. The Bertz CT molecular complexity index is 615. The van der Waals surface area contributed by atoms with Crippen LogP contribution in [0.25, 0.3) is 0 Å². The fraction of sp³-hybridized carbons (Fsp3) is 0.647. The minimum atomic E-state index is -0.902. The molecule has 1 amide bonds. The highest BCUT2D eigenvalue weighted by atomic mass is 19.1. The van der Waals surface area contributed by atoms with Crippen LogP contribution >= 0.6 is 0 Å². The van der Waals surface area contributed by atoms with Gasteiger partial charge in [-0.2, -0.15) is 0 Å². The van der Waals surface area contributed by atoms with Gasteiger partial charge in [-0.15, -0.1) is 0 Å². The molecule has 1 atom stereocenters. The predicted molar refractivity (Wildman–Crippen MR) is 93.7 cm³/mol. The van der Waals surface area contributed by atoms with E-state index in [0.29, 0.717) is 30.3 Å². The number of rotatable bonds is 3. The number of carbonyl (C=O) groups excluding carboxylic acids is 1. The summed E-state index contributed by atoms with van der Waals surface area (Å²) in [5, 5.41) is 3.08. The van der Waals surface area contributed by atoms with Crippen molar-refractivity contribution < 1.29 is 9.18 Å². The Labute approximate surface area is 141 Å². The molecule has 0 unspecified atom stereocenters. The molecule has 1 aliphatic carbocycles. The maximum atomic E-state index is 13.6. The van der Waals surface area contributed by atoms with Crippen molar-refractivity contribution >= 4 is 23.2 Å². The molecule has 0 spiro atoms. The van der Waals surface area contributed by atoms with E-state index in [1.165, 1.54) is 0 Å². The van der Waals surface area contributed by atoms with E-state index in [2.05, 4.69) is 17.2 Å². The van der Waals surface area contributed by atoms with E-state index in [-0.39, 0.29) is 30.0 Å². The lowest BCUT2D eigenvalue weighted by Crippen LogP contribution is -2.38. The third-order valence-corrected chi connectivity index (χ3v) is 5.09. The van der Waals surface area contributed by atoms with Crippen LogP contribution in [0.15, 0.2) is 6.07 Å². The van der Waals surface area contributed by atoms with Crippen molar-refractivity contribution in [3.8, 4) is 0 Å². The SMILES string of the molecule is C[C@H]1CC[C@H](NC(=O)c2cc(N)c(N)nc2N2CC[C@@H](F)C2)CC1. The predicted octanol–water partition coefficient (Wildman–Crippen LogP) is 2.10. The van der Waals surface area contributed by atoms with Crippen LogP contribution in [-0.4, -0.2) is 36.2 Å². The Morgan fingerprint density at radius 2 is 2.00 bits per heavy atom. The summed E-state index contributed by atoms with van der Waals surface area (Å²) in [5.74, 6) is 1.12. The largest absolute Gasteiger partial charge is 0.396 e. The second-order valence-corrected chi connectivity index (χ2v) is 7.10. The van der Waals surface area contributed by atoms with E-state index in [9.17, 15) is 9.18 Å². The van der Waals surface area contributed by atoms with Gasteiger partial charge in [-0.25, -0.2) is 9.37 Å². The van der Waals surface area contributed by atoms with Crippen LogP contribution in [0.5, 0.6) is 0 Å². The lowest BCUT2D eigenvalue weighted by molar-refractivity contribution is 0.0923. The number of nitrogens with one attached hydrogen (secondary N) is 1. The molecule has 1 aromatic heterocycles. The van der Waals surface area contributed by atoms with Crippen LogP contribution in [-0.2, 0) is 0 Å². The second kappa shape index (κ2) is 6.83. The summed E-state index contributed by atoms with van der Waals surface area (Å²) in [5.41, 5.74) is 12.3. The number of nitrogen functional groups attached to an aromatic ring is 2. The van der Waals surface area contributed by atoms with E-state index < -0.39 is 6.17 Å². The van der Waals surface area contributed by atoms with Gasteiger partial charge in [-0.1, -0.05) is 6.92 Å². The lowest BCUT2D eigenvalue weighted by Gasteiger charge is -2.28. The van der Waals surface area contributed by atoms with Crippen LogP contribution in [0.2, 0.25) is 0 Å². The van der Waals surface area contributed by atoms with Gasteiger partial charge >= 0.3 is 0 Å². The van der Waals surface area contributed by atoms with E-state index >= 15 is 0 Å². The highest BCUT2D eigenvalue weighted by molar-refractivity contribution is 6.00. The first-order valence-electron chi connectivity index (χ1n) is 8.70. The van der Waals surface area contributed by atoms with Gasteiger partial charge in [-0.3, -0.25) is 4.79 Å². The highest BCUT2D eigenvalue weighted by Crippen LogP contribution is 2.29. The van der Waals surface area contributed by atoms with Gasteiger partial charge in [0, 0.05) is 12.6 Å². The number of carbonyl (C=O) groups is 1. The summed E-state index contributed by atoms with van der Waals surface area (Å²) in [7, 11) is 0. The zero-order valence-corrected chi connectivity index (χ0v) is 14.1. The molecule has 5 N–H and O–H groups in total. The van der Waals surface area contributed by atoms with E-state index in [1.807, 2.05) is 0 Å². The molecule has 2 fully saturated rings. The lowest BCUT2D eigenvalue weighted by atomic mass is 9.87. The van der Waals surface area contributed by atoms with Gasteiger partial charge in [0.2, 0.25) is 0 Å². The van der Waals surface area contributed by atoms with Crippen molar-refractivity contribution in [3.63, 3.8) is 0 Å². The number of amides is 1. The number of nitrogens with two attached hydrogens (primary N) is 2. The van der Waals surface area contributed by atoms with Crippen molar-refractivity contribution in [1.29, 1.82) is 0 Å². The van der Waals surface area contributed by atoms with Crippen molar-refractivity contribution in [3.05, 3.63) is 11.6 Å². The Morgan fingerprint density at radius 1 is 1.29 bits per heavy atom. The summed E-state index contributed by atoms with van der Waals surface area (Å²) in [6, 6.07) is 1.73. The normalized spacial score (nSPS) is 27.2. The van der Waals surface area contributed by atoms with Gasteiger partial charge in [0.05, 0.1) is 17.8 Å². The minimum absolute atomic E-state index is 0.174. The van der Waals surface area contributed by atoms with Gasteiger partial charge in [0.15, 0.2) is 0 Å². The number of nitrogens with zero attached hydrogens (tertiary/aromatic N) is 2. The van der Waals surface area contributed by atoms with E-state index in [4.69, 9.17) is 11.5 Å². The first-order valence-corrected chi connectivity index (χ1v) is 8.70. The topological polar surface area (TPSA) is 97.3 Å².